The normalized spacial score (nSPS) is 17.8. The predicted octanol–water partition coefficient (Wildman–Crippen LogP) is 3.76. The topological polar surface area (TPSA) is 71.0 Å². The second-order valence-corrected chi connectivity index (χ2v) is 8.53. The Morgan fingerprint density at radius 2 is 2.04 bits per heavy atom. The summed E-state index contributed by atoms with van der Waals surface area (Å²) in [7, 11) is 0. The molecule has 7 heteroatoms. The molecule has 138 valence electrons. The SMILES string of the molecule is Cc1nc2c(c(Nc3ncc(C)s3)n1)CCN(C(=O)C1CCCCC1)C2. The van der Waals surface area contributed by atoms with Crippen molar-refractivity contribution in [3.8, 4) is 0 Å². The zero-order valence-electron chi connectivity index (χ0n) is 15.4. The molecule has 1 N–H and O–H groups in total. The number of nitrogens with one attached hydrogen (secondary N) is 1. The van der Waals surface area contributed by atoms with Crippen molar-refractivity contribution in [2.75, 3.05) is 11.9 Å². The Labute approximate surface area is 158 Å². The van der Waals surface area contributed by atoms with Crippen LogP contribution in [-0.4, -0.2) is 32.3 Å². The molecule has 2 aromatic rings. The highest BCUT2D eigenvalue weighted by Crippen LogP contribution is 2.31. The van der Waals surface area contributed by atoms with Gasteiger partial charge in [-0.05, 0) is 33.1 Å². The van der Waals surface area contributed by atoms with Crippen LogP contribution in [0.25, 0.3) is 0 Å². The molecular weight excluding hydrogens is 346 g/mol. The van der Waals surface area contributed by atoms with Gasteiger partial charge in [-0.3, -0.25) is 4.79 Å². The summed E-state index contributed by atoms with van der Waals surface area (Å²) in [6.45, 7) is 5.29. The number of thiazole rings is 1. The van der Waals surface area contributed by atoms with E-state index in [1.807, 2.05) is 24.9 Å². The van der Waals surface area contributed by atoms with E-state index in [4.69, 9.17) is 0 Å². The summed E-state index contributed by atoms with van der Waals surface area (Å²) < 4.78 is 0. The van der Waals surface area contributed by atoms with Gasteiger partial charge >= 0.3 is 0 Å². The minimum absolute atomic E-state index is 0.212. The van der Waals surface area contributed by atoms with Gasteiger partial charge in [0, 0.05) is 29.1 Å². The van der Waals surface area contributed by atoms with Gasteiger partial charge in [0.25, 0.3) is 0 Å². The van der Waals surface area contributed by atoms with Crippen molar-refractivity contribution in [1.82, 2.24) is 19.9 Å². The third kappa shape index (κ3) is 3.58. The third-order valence-electron chi connectivity index (χ3n) is 5.29. The van der Waals surface area contributed by atoms with Gasteiger partial charge in [0.05, 0.1) is 12.2 Å². The summed E-state index contributed by atoms with van der Waals surface area (Å²) in [5.41, 5.74) is 2.10. The molecule has 1 aliphatic carbocycles. The highest BCUT2D eigenvalue weighted by molar-refractivity contribution is 7.15. The van der Waals surface area contributed by atoms with Crippen LogP contribution in [0.15, 0.2) is 6.20 Å². The first kappa shape index (κ1) is 17.4. The maximum atomic E-state index is 12.9. The summed E-state index contributed by atoms with van der Waals surface area (Å²) in [4.78, 5) is 29.7. The predicted molar refractivity (Wildman–Crippen MR) is 103 cm³/mol. The number of carbonyl (C=O) groups excluding carboxylic acids is 1. The van der Waals surface area contributed by atoms with Crippen molar-refractivity contribution in [3.63, 3.8) is 0 Å². The number of amides is 1. The van der Waals surface area contributed by atoms with E-state index in [2.05, 4.69) is 20.3 Å². The smallest absolute Gasteiger partial charge is 0.226 e. The summed E-state index contributed by atoms with van der Waals surface area (Å²) in [6.07, 6.45) is 8.37. The number of hydrogen-bond donors (Lipinski definition) is 1. The number of rotatable bonds is 3. The Morgan fingerprint density at radius 1 is 1.23 bits per heavy atom. The molecule has 0 unspecified atom stereocenters. The fourth-order valence-corrected chi connectivity index (χ4v) is 4.63. The molecule has 2 aliphatic rings. The molecule has 0 saturated heterocycles. The lowest BCUT2D eigenvalue weighted by Gasteiger charge is -2.33. The Hall–Kier alpha value is -2.02. The van der Waals surface area contributed by atoms with Crippen molar-refractivity contribution in [2.45, 2.75) is 58.9 Å². The average Bonchev–Trinajstić information content (AvgIpc) is 3.06. The quantitative estimate of drug-likeness (QED) is 0.889. The molecule has 0 bridgehead atoms. The first-order chi connectivity index (χ1) is 12.6. The van der Waals surface area contributed by atoms with E-state index in [-0.39, 0.29) is 5.92 Å². The van der Waals surface area contributed by atoms with Gasteiger partial charge in [-0.1, -0.05) is 19.3 Å². The summed E-state index contributed by atoms with van der Waals surface area (Å²) in [6, 6.07) is 0. The first-order valence-corrected chi connectivity index (χ1v) is 10.3. The van der Waals surface area contributed by atoms with Crippen LogP contribution in [0, 0.1) is 19.8 Å². The molecule has 0 spiro atoms. The number of carbonyl (C=O) groups is 1. The summed E-state index contributed by atoms with van der Waals surface area (Å²) in [5, 5.41) is 4.20. The minimum atomic E-state index is 0.212. The van der Waals surface area contributed by atoms with Crippen LogP contribution in [0.4, 0.5) is 10.9 Å². The fraction of sp³-hybridized carbons (Fsp3) is 0.579. The second kappa shape index (κ2) is 7.31. The summed E-state index contributed by atoms with van der Waals surface area (Å²) >= 11 is 1.62. The number of nitrogens with zero attached hydrogens (tertiary/aromatic N) is 4. The molecule has 4 rings (SSSR count). The minimum Gasteiger partial charge on any atom is -0.336 e. The monoisotopic (exact) mass is 371 g/mol. The van der Waals surface area contributed by atoms with E-state index in [1.165, 1.54) is 19.3 Å². The highest BCUT2D eigenvalue weighted by Gasteiger charge is 2.30. The van der Waals surface area contributed by atoms with Crippen molar-refractivity contribution >= 4 is 28.2 Å². The lowest BCUT2D eigenvalue weighted by molar-refractivity contribution is -0.137. The van der Waals surface area contributed by atoms with Crippen molar-refractivity contribution in [2.24, 2.45) is 5.92 Å². The van der Waals surface area contributed by atoms with Crippen LogP contribution >= 0.6 is 11.3 Å². The lowest BCUT2D eigenvalue weighted by atomic mass is 9.88. The fourth-order valence-electron chi connectivity index (χ4n) is 3.97. The maximum absolute atomic E-state index is 12.9. The molecule has 0 radical (unpaired) electrons. The average molecular weight is 372 g/mol. The van der Waals surface area contributed by atoms with Gasteiger partial charge < -0.3 is 10.2 Å². The number of hydrogen-bond acceptors (Lipinski definition) is 6. The van der Waals surface area contributed by atoms with E-state index < -0.39 is 0 Å². The van der Waals surface area contributed by atoms with Crippen LogP contribution in [-0.2, 0) is 17.8 Å². The number of aryl methyl sites for hydroxylation is 2. The molecule has 0 atom stereocenters. The Balaban J connectivity index is 1.54. The molecule has 3 heterocycles. The third-order valence-corrected chi connectivity index (χ3v) is 6.12. The Bertz CT molecular complexity index is 812. The van der Waals surface area contributed by atoms with Crippen molar-refractivity contribution in [1.29, 1.82) is 0 Å². The molecule has 1 amide bonds. The number of aromatic nitrogens is 3. The van der Waals surface area contributed by atoms with Crippen LogP contribution in [0.2, 0.25) is 0 Å². The van der Waals surface area contributed by atoms with Gasteiger partial charge in [-0.25, -0.2) is 15.0 Å². The molecule has 6 nitrogen and oxygen atoms in total. The highest BCUT2D eigenvalue weighted by atomic mass is 32.1. The van der Waals surface area contributed by atoms with Gasteiger partial charge in [-0.2, -0.15) is 0 Å². The van der Waals surface area contributed by atoms with E-state index in [0.717, 1.165) is 58.7 Å². The van der Waals surface area contributed by atoms with Gasteiger partial charge in [-0.15, -0.1) is 11.3 Å². The van der Waals surface area contributed by atoms with Gasteiger partial charge in [0.1, 0.15) is 11.6 Å². The standard InChI is InChI=1S/C19H25N5OS/c1-12-10-20-19(26-12)23-17-15-8-9-24(11-16(15)21-13(2)22-17)18(25)14-6-4-3-5-7-14/h10,14H,3-9,11H2,1-2H3,(H,20,21,22,23). The van der Waals surface area contributed by atoms with E-state index in [9.17, 15) is 4.79 Å². The van der Waals surface area contributed by atoms with E-state index in [0.29, 0.717) is 12.5 Å². The van der Waals surface area contributed by atoms with E-state index in [1.54, 1.807) is 11.3 Å². The zero-order valence-corrected chi connectivity index (χ0v) is 16.2. The lowest BCUT2D eigenvalue weighted by Crippen LogP contribution is -2.41. The molecule has 1 saturated carbocycles. The van der Waals surface area contributed by atoms with Crippen LogP contribution in [0.5, 0.6) is 0 Å². The van der Waals surface area contributed by atoms with Gasteiger partial charge in [0.2, 0.25) is 5.91 Å². The Morgan fingerprint density at radius 3 is 2.77 bits per heavy atom. The van der Waals surface area contributed by atoms with Crippen LogP contribution in [0.3, 0.4) is 0 Å². The van der Waals surface area contributed by atoms with Crippen molar-refractivity contribution in [3.05, 3.63) is 28.2 Å². The van der Waals surface area contributed by atoms with Crippen molar-refractivity contribution < 1.29 is 4.79 Å². The maximum Gasteiger partial charge on any atom is 0.226 e. The molecule has 1 fully saturated rings. The molecule has 26 heavy (non-hydrogen) atoms. The Kier molecular flexibility index (Phi) is 4.89. The zero-order chi connectivity index (χ0) is 18.1. The molecule has 2 aromatic heterocycles. The molecule has 0 aromatic carbocycles. The molecule has 1 aliphatic heterocycles. The second-order valence-electron chi connectivity index (χ2n) is 7.29. The van der Waals surface area contributed by atoms with E-state index >= 15 is 0 Å². The number of fused-ring (bicyclic) bond motifs is 1. The first-order valence-electron chi connectivity index (χ1n) is 9.45. The summed E-state index contributed by atoms with van der Waals surface area (Å²) in [5.74, 6) is 2.10. The number of anilines is 2. The molecular formula is C19H25N5OS. The van der Waals surface area contributed by atoms with Crippen LogP contribution in [0.1, 0.15) is 54.1 Å². The van der Waals surface area contributed by atoms with Crippen LogP contribution < -0.4 is 5.32 Å². The van der Waals surface area contributed by atoms with Gasteiger partial charge in [0.15, 0.2) is 5.13 Å². The largest absolute Gasteiger partial charge is 0.336 e.